The number of halogens is 4. The summed E-state index contributed by atoms with van der Waals surface area (Å²) < 4.78 is 34.2. The highest BCUT2D eigenvalue weighted by molar-refractivity contribution is 5.96. The number of likely N-dealkylation sites (tertiary alicyclic amines) is 1. The number of rotatable bonds is 14. The molecule has 4 N–H and O–H groups in total. The average molecular weight is 725 g/mol. The van der Waals surface area contributed by atoms with E-state index in [1.807, 2.05) is 32.0 Å². The Bertz CT molecular complexity index is 1520. The molecule has 15 heteroatoms. The van der Waals surface area contributed by atoms with Crippen molar-refractivity contribution in [3.63, 3.8) is 0 Å². The number of aromatic nitrogens is 1. The van der Waals surface area contributed by atoms with E-state index in [2.05, 4.69) is 20.5 Å². The Kier molecular flexibility index (Phi) is 16.6. The molecule has 0 aliphatic carbocycles. The van der Waals surface area contributed by atoms with Gasteiger partial charge in [0.1, 0.15) is 17.4 Å². The maximum absolute atomic E-state index is 14.4. The summed E-state index contributed by atoms with van der Waals surface area (Å²) in [6, 6.07) is 11.6. The van der Waals surface area contributed by atoms with Crippen molar-refractivity contribution in [2.75, 3.05) is 52.1 Å². The number of nitrogens with two attached hydrogens (primary N) is 1. The van der Waals surface area contributed by atoms with Crippen LogP contribution in [0.3, 0.4) is 0 Å². The lowest BCUT2D eigenvalue weighted by Crippen LogP contribution is -2.49. The molecule has 1 saturated heterocycles. The van der Waals surface area contributed by atoms with Crippen LogP contribution in [0.25, 0.3) is 0 Å². The van der Waals surface area contributed by atoms with Gasteiger partial charge >= 0.3 is 6.03 Å². The third-order valence-corrected chi connectivity index (χ3v) is 7.96. The first-order chi connectivity index (χ1) is 22.5. The lowest BCUT2D eigenvalue weighted by Gasteiger charge is -2.38. The minimum atomic E-state index is -1.08. The van der Waals surface area contributed by atoms with Crippen molar-refractivity contribution in [3.05, 3.63) is 83.1 Å². The number of likely N-dealkylation sites (N-methyl/N-ethyl adjacent to an activating group) is 1. The second-order valence-electron chi connectivity index (χ2n) is 11.9. The van der Waals surface area contributed by atoms with Gasteiger partial charge in [-0.15, -0.1) is 24.8 Å². The molecule has 1 aliphatic rings. The zero-order valence-electron chi connectivity index (χ0n) is 27.9. The molecular weight excluding hydrogens is 679 g/mol. The Morgan fingerprint density at radius 2 is 1.69 bits per heavy atom. The van der Waals surface area contributed by atoms with E-state index in [-0.39, 0.29) is 42.5 Å². The fourth-order valence-electron chi connectivity index (χ4n) is 5.30. The first kappa shape index (κ1) is 41.1. The van der Waals surface area contributed by atoms with E-state index in [0.717, 1.165) is 44.1 Å². The summed E-state index contributed by atoms with van der Waals surface area (Å²) in [6.45, 7) is 5.98. The number of nitrogens with one attached hydrogen (secondary N) is 2. The molecule has 0 atom stereocenters. The Hall–Kier alpha value is -4.04. The van der Waals surface area contributed by atoms with E-state index in [0.29, 0.717) is 55.7 Å². The first-order valence-electron chi connectivity index (χ1n) is 15.8. The minimum absolute atomic E-state index is 0. The summed E-state index contributed by atoms with van der Waals surface area (Å²) in [6.07, 6.45) is 4.84. The number of amides is 4. The molecule has 1 aromatic heterocycles. The van der Waals surface area contributed by atoms with E-state index < -0.39 is 29.1 Å². The SMILES string of the molecule is CCCCN(C(=O)Nc1cc(C(N)=O)c(F)cc1F)C1CCN(Cc2ccc(Oc3ccc(C(=O)NCCN(C)C)cc3)nc2)CC1.Cl.Cl. The summed E-state index contributed by atoms with van der Waals surface area (Å²) in [7, 11) is 3.90. The molecule has 4 amide bonds. The van der Waals surface area contributed by atoms with E-state index in [9.17, 15) is 23.2 Å². The molecule has 2 heterocycles. The predicted octanol–water partition coefficient (Wildman–Crippen LogP) is 5.68. The Labute approximate surface area is 298 Å². The van der Waals surface area contributed by atoms with E-state index in [1.165, 1.54) is 0 Å². The highest BCUT2D eigenvalue weighted by Crippen LogP contribution is 2.24. The van der Waals surface area contributed by atoms with Crippen molar-refractivity contribution >= 4 is 48.3 Å². The molecule has 0 bridgehead atoms. The van der Waals surface area contributed by atoms with Crippen LogP contribution in [0.1, 0.15) is 58.9 Å². The number of hydrogen-bond acceptors (Lipinski definition) is 7. The smallest absolute Gasteiger partial charge is 0.322 e. The van der Waals surface area contributed by atoms with Crippen molar-refractivity contribution in [1.82, 2.24) is 25.0 Å². The monoisotopic (exact) mass is 723 g/mol. The molecule has 3 aromatic rings. The molecule has 0 spiro atoms. The third-order valence-electron chi connectivity index (χ3n) is 7.96. The van der Waals surface area contributed by atoms with Crippen molar-refractivity contribution < 1.29 is 27.9 Å². The van der Waals surface area contributed by atoms with Gasteiger partial charge in [0.2, 0.25) is 5.88 Å². The van der Waals surface area contributed by atoms with Gasteiger partial charge in [-0.05, 0) is 69.3 Å². The topological polar surface area (TPSA) is 133 Å². The molecule has 0 unspecified atom stereocenters. The number of anilines is 1. The van der Waals surface area contributed by atoms with Gasteiger partial charge in [0, 0.05) is 69.2 Å². The van der Waals surface area contributed by atoms with Crippen molar-refractivity contribution in [2.45, 2.75) is 45.2 Å². The molecule has 0 saturated carbocycles. The number of ether oxygens (including phenoxy) is 1. The van der Waals surface area contributed by atoms with Crippen LogP contribution >= 0.6 is 24.8 Å². The van der Waals surface area contributed by atoms with Gasteiger partial charge in [-0.1, -0.05) is 19.4 Å². The normalized spacial score (nSPS) is 13.2. The van der Waals surface area contributed by atoms with Crippen molar-refractivity contribution in [2.24, 2.45) is 5.73 Å². The summed E-state index contributed by atoms with van der Waals surface area (Å²) in [4.78, 5) is 47.5. The van der Waals surface area contributed by atoms with Gasteiger partial charge in [0.05, 0.1) is 11.3 Å². The standard InChI is InChI=1S/C34H43F2N7O4.2ClH/c1-4-5-15-43(34(46)40-30-19-27(32(37)44)28(35)20-29(30)36)25-12-16-42(17-13-25)22-23-6-11-31(39-21-23)47-26-9-7-24(8-10-26)33(45)38-14-18-41(2)3;;/h6-11,19-21,25H,4-5,12-18,22H2,1-3H3,(H2,37,44)(H,38,45)(H,40,46);2*1H. The van der Waals surface area contributed by atoms with Crippen LogP contribution in [0.2, 0.25) is 0 Å². The van der Waals surface area contributed by atoms with Gasteiger partial charge in [-0.3, -0.25) is 14.5 Å². The summed E-state index contributed by atoms with van der Waals surface area (Å²) in [5, 5.41) is 5.40. The number of pyridine rings is 1. The number of piperidine rings is 1. The van der Waals surface area contributed by atoms with Crippen LogP contribution < -0.4 is 21.1 Å². The number of nitrogens with zero attached hydrogens (tertiary/aromatic N) is 4. The largest absolute Gasteiger partial charge is 0.439 e. The van der Waals surface area contributed by atoms with E-state index in [4.69, 9.17) is 10.5 Å². The van der Waals surface area contributed by atoms with Gasteiger partial charge in [-0.2, -0.15) is 0 Å². The van der Waals surface area contributed by atoms with E-state index in [1.54, 1.807) is 41.4 Å². The number of primary amides is 1. The number of hydrogen-bond donors (Lipinski definition) is 3. The van der Waals surface area contributed by atoms with Crippen LogP contribution in [-0.2, 0) is 6.54 Å². The molecule has 4 rings (SSSR count). The predicted molar refractivity (Wildman–Crippen MR) is 190 cm³/mol. The fraction of sp³-hybridized carbons (Fsp3) is 0.412. The molecule has 1 aliphatic heterocycles. The highest BCUT2D eigenvalue weighted by Gasteiger charge is 2.28. The quantitative estimate of drug-likeness (QED) is 0.195. The molecule has 268 valence electrons. The van der Waals surface area contributed by atoms with Crippen LogP contribution in [0, 0.1) is 11.6 Å². The van der Waals surface area contributed by atoms with Crippen LogP contribution in [0.5, 0.6) is 11.6 Å². The highest BCUT2D eigenvalue weighted by atomic mass is 35.5. The second-order valence-corrected chi connectivity index (χ2v) is 11.9. The summed E-state index contributed by atoms with van der Waals surface area (Å²) in [5.41, 5.74) is 5.98. The lowest BCUT2D eigenvalue weighted by molar-refractivity contribution is 0.0949. The second kappa shape index (κ2) is 19.8. The van der Waals surface area contributed by atoms with Gasteiger partial charge < -0.3 is 30.9 Å². The van der Waals surface area contributed by atoms with Crippen molar-refractivity contribution in [1.29, 1.82) is 0 Å². The lowest BCUT2D eigenvalue weighted by atomic mass is 10.0. The number of unbranched alkanes of at least 4 members (excludes halogenated alkanes) is 1. The number of benzene rings is 2. The molecule has 2 aromatic carbocycles. The van der Waals surface area contributed by atoms with E-state index >= 15 is 0 Å². The number of urea groups is 1. The molecule has 49 heavy (non-hydrogen) atoms. The summed E-state index contributed by atoms with van der Waals surface area (Å²) in [5.74, 6) is -2.23. The zero-order chi connectivity index (χ0) is 33.9. The van der Waals surface area contributed by atoms with Gasteiger partial charge in [0.25, 0.3) is 11.8 Å². The Morgan fingerprint density at radius 3 is 2.29 bits per heavy atom. The van der Waals surface area contributed by atoms with Gasteiger partial charge in [0.15, 0.2) is 0 Å². The van der Waals surface area contributed by atoms with Gasteiger partial charge in [-0.25, -0.2) is 18.6 Å². The maximum atomic E-state index is 14.4. The Morgan fingerprint density at radius 1 is 1.00 bits per heavy atom. The summed E-state index contributed by atoms with van der Waals surface area (Å²) >= 11 is 0. The molecule has 1 fully saturated rings. The molecular formula is C34H45Cl2F2N7O4. The molecule has 11 nitrogen and oxygen atoms in total. The third kappa shape index (κ3) is 12.1. The maximum Gasteiger partial charge on any atom is 0.322 e. The van der Waals surface area contributed by atoms with Crippen LogP contribution in [0.15, 0.2) is 54.7 Å². The minimum Gasteiger partial charge on any atom is -0.439 e. The zero-order valence-corrected chi connectivity index (χ0v) is 29.5. The number of carbonyl (C=O) groups excluding carboxylic acids is 3. The fourth-order valence-corrected chi connectivity index (χ4v) is 5.30. The molecule has 0 radical (unpaired) electrons. The van der Waals surface area contributed by atoms with Crippen LogP contribution in [0.4, 0.5) is 19.3 Å². The van der Waals surface area contributed by atoms with Crippen molar-refractivity contribution in [3.8, 4) is 11.6 Å². The average Bonchev–Trinajstić information content (AvgIpc) is 3.04. The first-order valence-corrected chi connectivity index (χ1v) is 15.8. The Balaban J connectivity index is 0.00000417. The number of carbonyl (C=O) groups is 3. The van der Waals surface area contributed by atoms with Crippen LogP contribution in [-0.4, -0.2) is 90.4 Å².